The Morgan fingerprint density at radius 2 is 1.68 bits per heavy atom. The van der Waals surface area contributed by atoms with Gasteiger partial charge in [-0.15, -0.1) is 0 Å². The molecule has 1 aliphatic heterocycles. The molecule has 1 fully saturated rings. The van der Waals surface area contributed by atoms with E-state index >= 15 is 0 Å². The Morgan fingerprint density at radius 1 is 0.964 bits per heavy atom. The summed E-state index contributed by atoms with van der Waals surface area (Å²) in [5.74, 6) is 0.129. The number of hydrogen-bond donors (Lipinski definition) is 0. The highest BCUT2D eigenvalue weighted by atomic mass is 16.2. The number of carbonyl (C=O) groups excluding carboxylic acids is 2. The fourth-order valence-electron chi connectivity index (χ4n) is 3.58. The zero-order chi connectivity index (χ0) is 19.9. The third-order valence-electron chi connectivity index (χ3n) is 5.26. The molecule has 0 N–H and O–H groups in total. The molecule has 28 heavy (non-hydrogen) atoms. The number of rotatable bonds is 6. The lowest BCUT2D eigenvalue weighted by Gasteiger charge is -2.36. The molecule has 148 valence electrons. The first-order chi connectivity index (χ1) is 13.5. The summed E-state index contributed by atoms with van der Waals surface area (Å²) < 4.78 is 0. The monoisotopic (exact) mass is 379 g/mol. The summed E-state index contributed by atoms with van der Waals surface area (Å²) in [6.07, 6.45) is 0.372. The van der Waals surface area contributed by atoms with Gasteiger partial charge in [0.25, 0.3) is 0 Å². The molecule has 1 saturated heterocycles. The number of anilines is 1. The van der Waals surface area contributed by atoms with Gasteiger partial charge in [0, 0.05) is 58.3 Å². The molecule has 1 aliphatic rings. The molecule has 0 saturated carbocycles. The van der Waals surface area contributed by atoms with E-state index in [2.05, 4.69) is 36.1 Å². The molecule has 0 aromatic heterocycles. The zero-order valence-electron chi connectivity index (χ0n) is 16.8. The van der Waals surface area contributed by atoms with Gasteiger partial charge < -0.3 is 14.7 Å². The second-order valence-electron chi connectivity index (χ2n) is 7.38. The van der Waals surface area contributed by atoms with Crippen LogP contribution < -0.4 is 4.90 Å². The molecular weight excluding hydrogens is 350 g/mol. The van der Waals surface area contributed by atoms with Gasteiger partial charge >= 0.3 is 0 Å². The third kappa shape index (κ3) is 5.35. The van der Waals surface area contributed by atoms with Crippen LogP contribution in [0.15, 0.2) is 54.6 Å². The highest BCUT2D eigenvalue weighted by Crippen LogP contribution is 2.18. The summed E-state index contributed by atoms with van der Waals surface area (Å²) in [4.78, 5) is 30.6. The minimum absolute atomic E-state index is 0.000852. The van der Waals surface area contributed by atoms with Gasteiger partial charge in [0.15, 0.2) is 0 Å². The van der Waals surface area contributed by atoms with Crippen LogP contribution in [0.2, 0.25) is 0 Å². The molecule has 3 rings (SSSR count). The van der Waals surface area contributed by atoms with Gasteiger partial charge in [0.1, 0.15) is 0 Å². The summed E-state index contributed by atoms with van der Waals surface area (Å²) in [6, 6.07) is 18.4. The minimum Gasteiger partial charge on any atom is -0.368 e. The Hall–Kier alpha value is -2.82. The molecule has 5 heteroatoms. The highest BCUT2D eigenvalue weighted by molar-refractivity contribution is 5.78. The van der Waals surface area contributed by atoms with E-state index in [1.807, 2.05) is 35.2 Å². The van der Waals surface area contributed by atoms with Gasteiger partial charge in [-0.2, -0.15) is 0 Å². The summed E-state index contributed by atoms with van der Waals surface area (Å²) in [5, 5.41) is 0. The molecule has 2 aromatic carbocycles. The minimum atomic E-state index is 0.000852. The summed E-state index contributed by atoms with van der Waals surface area (Å²) in [6.45, 7) is 7.81. The van der Waals surface area contributed by atoms with Crippen LogP contribution in [0.5, 0.6) is 0 Å². The van der Waals surface area contributed by atoms with E-state index in [0.717, 1.165) is 31.7 Å². The van der Waals surface area contributed by atoms with Crippen molar-refractivity contribution in [3.05, 3.63) is 65.7 Å². The van der Waals surface area contributed by atoms with Crippen molar-refractivity contribution >= 4 is 17.5 Å². The van der Waals surface area contributed by atoms with E-state index in [9.17, 15) is 9.59 Å². The number of nitrogens with zero attached hydrogens (tertiary/aromatic N) is 3. The number of amides is 2. The summed E-state index contributed by atoms with van der Waals surface area (Å²) >= 11 is 0. The average Bonchev–Trinajstić information content (AvgIpc) is 2.71. The van der Waals surface area contributed by atoms with E-state index in [1.165, 1.54) is 11.3 Å². The molecule has 0 spiro atoms. The van der Waals surface area contributed by atoms with E-state index in [-0.39, 0.29) is 11.8 Å². The maximum atomic E-state index is 12.6. The Morgan fingerprint density at radius 3 is 2.32 bits per heavy atom. The molecule has 2 amide bonds. The number of aryl methyl sites for hydroxylation is 1. The van der Waals surface area contributed by atoms with Crippen LogP contribution in [0, 0.1) is 6.92 Å². The van der Waals surface area contributed by atoms with Crippen molar-refractivity contribution in [1.82, 2.24) is 9.80 Å². The van der Waals surface area contributed by atoms with Crippen molar-refractivity contribution in [2.24, 2.45) is 0 Å². The summed E-state index contributed by atoms with van der Waals surface area (Å²) in [7, 11) is 0. The van der Waals surface area contributed by atoms with E-state index in [0.29, 0.717) is 19.5 Å². The van der Waals surface area contributed by atoms with Crippen LogP contribution in [-0.4, -0.2) is 54.3 Å². The topological polar surface area (TPSA) is 43.9 Å². The lowest BCUT2D eigenvalue weighted by atomic mass is 10.2. The van der Waals surface area contributed by atoms with Crippen molar-refractivity contribution in [3.8, 4) is 0 Å². The fourth-order valence-corrected chi connectivity index (χ4v) is 3.58. The van der Waals surface area contributed by atoms with Gasteiger partial charge in [-0.25, -0.2) is 0 Å². The predicted molar refractivity (Wildman–Crippen MR) is 112 cm³/mol. The Labute approximate surface area is 167 Å². The fraction of sp³-hybridized carbons (Fsp3) is 0.391. The molecule has 2 aromatic rings. The first kappa shape index (κ1) is 19.9. The number of carbonyl (C=O) groups is 2. The van der Waals surface area contributed by atoms with Gasteiger partial charge in [0.05, 0.1) is 0 Å². The van der Waals surface area contributed by atoms with Crippen LogP contribution in [0.3, 0.4) is 0 Å². The van der Waals surface area contributed by atoms with Crippen LogP contribution in [0.25, 0.3) is 0 Å². The molecule has 0 bridgehead atoms. The van der Waals surface area contributed by atoms with Crippen molar-refractivity contribution in [3.63, 3.8) is 0 Å². The standard InChI is InChI=1S/C23H29N3O2/c1-19-7-6-10-22(17-19)24-13-15-25(16-14-24)23(28)11-12-26(20(2)27)18-21-8-4-3-5-9-21/h3-10,17H,11-16,18H2,1-2H3. The first-order valence-electron chi connectivity index (χ1n) is 9.92. The second kappa shape index (κ2) is 9.40. The van der Waals surface area contributed by atoms with Crippen LogP contribution in [0.1, 0.15) is 24.5 Å². The lowest BCUT2D eigenvalue weighted by molar-refractivity contribution is -0.134. The molecule has 1 heterocycles. The number of hydrogen-bond acceptors (Lipinski definition) is 3. The van der Waals surface area contributed by atoms with Crippen LogP contribution in [-0.2, 0) is 16.1 Å². The lowest BCUT2D eigenvalue weighted by Crippen LogP contribution is -2.49. The van der Waals surface area contributed by atoms with E-state index in [4.69, 9.17) is 0 Å². The second-order valence-corrected chi connectivity index (χ2v) is 7.38. The van der Waals surface area contributed by atoms with Gasteiger partial charge in [-0.1, -0.05) is 42.5 Å². The van der Waals surface area contributed by atoms with Gasteiger partial charge in [-0.3, -0.25) is 9.59 Å². The molecule has 0 radical (unpaired) electrons. The third-order valence-corrected chi connectivity index (χ3v) is 5.26. The van der Waals surface area contributed by atoms with Gasteiger partial charge in [0.2, 0.25) is 11.8 Å². The normalized spacial score (nSPS) is 14.1. The number of piperazine rings is 1. The molecule has 5 nitrogen and oxygen atoms in total. The maximum absolute atomic E-state index is 12.6. The Kier molecular flexibility index (Phi) is 6.69. The largest absolute Gasteiger partial charge is 0.368 e. The smallest absolute Gasteiger partial charge is 0.224 e. The molecule has 0 unspecified atom stereocenters. The van der Waals surface area contributed by atoms with Crippen molar-refractivity contribution in [2.45, 2.75) is 26.8 Å². The SMILES string of the molecule is CC(=O)N(CCC(=O)N1CCN(c2cccc(C)c2)CC1)Cc1ccccc1. The quantitative estimate of drug-likeness (QED) is 0.775. The van der Waals surface area contributed by atoms with Gasteiger partial charge in [-0.05, 0) is 30.2 Å². The van der Waals surface area contributed by atoms with Crippen molar-refractivity contribution in [2.75, 3.05) is 37.6 Å². The maximum Gasteiger partial charge on any atom is 0.224 e. The number of benzene rings is 2. The van der Waals surface area contributed by atoms with Crippen molar-refractivity contribution < 1.29 is 9.59 Å². The average molecular weight is 380 g/mol. The van der Waals surface area contributed by atoms with Crippen molar-refractivity contribution in [1.29, 1.82) is 0 Å². The summed E-state index contributed by atoms with van der Waals surface area (Å²) in [5.41, 5.74) is 3.55. The van der Waals surface area contributed by atoms with Crippen LogP contribution >= 0.6 is 0 Å². The Balaban J connectivity index is 1.49. The molecule has 0 atom stereocenters. The molecular formula is C23H29N3O2. The Bertz CT molecular complexity index is 799. The first-order valence-corrected chi connectivity index (χ1v) is 9.92. The predicted octanol–water partition coefficient (Wildman–Crippen LogP) is 3.08. The molecule has 0 aliphatic carbocycles. The highest BCUT2D eigenvalue weighted by Gasteiger charge is 2.22. The van der Waals surface area contributed by atoms with E-state index < -0.39 is 0 Å². The van der Waals surface area contributed by atoms with Crippen LogP contribution in [0.4, 0.5) is 5.69 Å². The zero-order valence-corrected chi connectivity index (χ0v) is 16.8. The van der Waals surface area contributed by atoms with E-state index in [1.54, 1.807) is 11.8 Å².